The number of nitrogens with zero attached hydrogens (tertiary/aromatic N) is 4. The number of imidazole rings is 1. The summed E-state index contributed by atoms with van der Waals surface area (Å²) in [6.45, 7) is 3.10. The Balaban J connectivity index is 2.10. The largest absolute Gasteiger partial charge is 0.382 e. The first-order valence-electron chi connectivity index (χ1n) is 4.89. The van der Waals surface area contributed by atoms with Crippen LogP contribution >= 0.6 is 0 Å². The second-order valence-corrected chi connectivity index (χ2v) is 3.09. The SMILES string of the molecule is CCOCOCn1cnc2c(N)ncnc21. The zero-order valence-electron chi connectivity index (χ0n) is 8.96. The molecule has 0 aliphatic rings. The van der Waals surface area contributed by atoms with E-state index in [2.05, 4.69) is 15.0 Å². The maximum atomic E-state index is 5.65. The Morgan fingerprint density at radius 1 is 1.31 bits per heavy atom. The monoisotopic (exact) mass is 223 g/mol. The Bertz CT molecular complexity index is 470. The molecule has 0 spiro atoms. The third-order valence-corrected chi connectivity index (χ3v) is 2.03. The topological polar surface area (TPSA) is 88.1 Å². The minimum atomic E-state index is 0.247. The van der Waals surface area contributed by atoms with E-state index in [1.807, 2.05) is 6.92 Å². The minimum Gasteiger partial charge on any atom is -0.382 e. The molecule has 0 fully saturated rings. The lowest BCUT2D eigenvalue weighted by Crippen LogP contribution is -2.06. The fourth-order valence-corrected chi connectivity index (χ4v) is 1.27. The van der Waals surface area contributed by atoms with E-state index < -0.39 is 0 Å². The van der Waals surface area contributed by atoms with E-state index in [-0.39, 0.29) is 6.79 Å². The molecule has 0 saturated heterocycles. The molecule has 2 heterocycles. The van der Waals surface area contributed by atoms with Crippen molar-refractivity contribution in [2.75, 3.05) is 19.1 Å². The van der Waals surface area contributed by atoms with Crippen LogP contribution in [0.1, 0.15) is 6.92 Å². The highest BCUT2D eigenvalue weighted by molar-refractivity contribution is 5.80. The minimum absolute atomic E-state index is 0.247. The fourth-order valence-electron chi connectivity index (χ4n) is 1.27. The summed E-state index contributed by atoms with van der Waals surface area (Å²) in [5.74, 6) is 0.369. The number of fused-ring (bicyclic) bond motifs is 1. The molecular weight excluding hydrogens is 210 g/mol. The van der Waals surface area contributed by atoms with Crippen LogP contribution in [0.4, 0.5) is 5.82 Å². The lowest BCUT2D eigenvalue weighted by molar-refractivity contribution is -0.0741. The first kappa shape index (κ1) is 10.8. The summed E-state index contributed by atoms with van der Waals surface area (Å²) in [5.41, 5.74) is 6.90. The average molecular weight is 223 g/mol. The molecule has 7 nitrogen and oxygen atoms in total. The number of nitrogen functional groups attached to an aromatic ring is 1. The van der Waals surface area contributed by atoms with Crippen LogP contribution in [-0.4, -0.2) is 32.9 Å². The van der Waals surface area contributed by atoms with E-state index in [1.54, 1.807) is 10.9 Å². The fraction of sp³-hybridized carbons (Fsp3) is 0.444. The molecule has 2 rings (SSSR count). The zero-order valence-corrected chi connectivity index (χ0v) is 8.96. The van der Waals surface area contributed by atoms with Crippen LogP contribution in [-0.2, 0) is 16.2 Å². The molecule has 0 radical (unpaired) electrons. The number of hydrogen-bond acceptors (Lipinski definition) is 6. The van der Waals surface area contributed by atoms with Crippen LogP contribution in [0.25, 0.3) is 11.2 Å². The first-order valence-corrected chi connectivity index (χ1v) is 4.89. The quantitative estimate of drug-likeness (QED) is 0.582. The number of anilines is 1. The number of nitrogens with two attached hydrogens (primary N) is 1. The summed E-state index contributed by atoms with van der Waals surface area (Å²) in [6.07, 6.45) is 3.01. The van der Waals surface area contributed by atoms with Gasteiger partial charge in [0.15, 0.2) is 11.5 Å². The molecule has 0 aromatic carbocycles. The predicted octanol–water partition coefficient (Wildman–Crippen LogP) is 0.377. The Labute approximate surface area is 92.2 Å². The number of ether oxygens (including phenoxy) is 2. The van der Waals surface area contributed by atoms with Gasteiger partial charge in [-0.3, -0.25) is 4.57 Å². The van der Waals surface area contributed by atoms with Crippen LogP contribution in [0.15, 0.2) is 12.7 Å². The van der Waals surface area contributed by atoms with Gasteiger partial charge in [-0.05, 0) is 6.92 Å². The molecule has 0 amide bonds. The van der Waals surface area contributed by atoms with Gasteiger partial charge in [-0.25, -0.2) is 15.0 Å². The van der Waals surface area contributed by atoms with Crippen molar-refractivity contribution in [3.05, 3.63) is 12.7 Å². The summed E-state index contributed by atoms with van der Waals surface area (Å²) in [5, 5.41) is 0. The molecular formula is C9H13N5O2. The molecule has 0 saturated carbocycles. The maximum absolute atomic E-state index is 5.65. The van der Waals surface area contributed by atoms with Crippen molar-refractivity contribution < 1.29 is 9.47 Å². The standard InChI is InChI=1S/C9H13N5O2/c1-2-15-6-16-5-14-4-13-7-8(10)11-3-12-9(7)14/h3-4H,2,5-6H2,1H3,(H2,10,11,12). The summed E-state index contributed by atoms with van der Waals surface area (Å²) in [7, 11) is 0. The van der Waals surface area contributed by atoms with Crippen molar-refractivity contribution in [2.24, 2.45) is 0 Å². The Hall–Kier alpha value is -1.73. The van der Waals surface area contributed by atoms with Crippen LogP contribution in [0, 0.1) is 0 Å². The molecule has 7 heteroatoms. The van der Waals surface area contributed by atoms with Gasteiger partial charge in [-0.15, -0.1) is 0 Å². The molecule has 0 atom stereocenters. The van der Waals surface area contributed by atoms with E-state index in [4.69, 9.17) is 15.2 Å². The lowest BCUT2D eigenvalue weighted by atomic mass is 10.5. The van der Waals surface area contributed by atoms with Crippen molar-refractivity contribution in [3.63, 3.8) is 0 Å². The normalized spacial score (nSPS) is 11.1. The molecule has 2 N–H and O–H groups in total. The first-order chi connectivity index (χ1) is 7.83. The van der Waals surface area contributed by atoms with Gasteiger partial charge in [-0.1, -0.05) is 0 Å². The molecule has 16 heavy (non-hydrogen) atoms. The molecule has 2 aromatic rings. The number of aromatic nitrogens is 4. The van der Waals surface area contributed by atoms with Crippen molar-refractivity contribution >= 4 is 17.0 Å². The van der Waals surface area contributed by atoms with Crippen molar-refractivity contribution in [2.45, 2.75) is 13.7 Å². The van der Waals surface area contributed by atoms with E-state index in [0.29, 0.717) is 30.3 Å². The summed E-state index contributed by atoms with van der Waals surface area (Å²) in [4.78, 5) is 12.1. The van der Waals surface area contributed by atoms with Gasteiger partial charge in [0.1, 0.15) is 25.4 Å². The smallest absolute Gasteiger partial charge is 0.167 e. The summed E-state index contributed by atoms with van der Waals surface area (Å²) >= 11 is 0. The van der Waals surface area contributed by atoms with Crippen LogP contribution in [0.5, 0.6) is 0 Å². The van der Waals surface area contributed by atoms with E-state index in [9.17, 15) is 0 Å². The van der Waals surface area contributed by atoms with Gasteiger partial charge < -0.3 is 15.2 Å². The molecule has 2 aromatic heterocycles. The van der Waals surface area contributed by atoms with Gasteiger partial charge >= 0.3 is 0 Å². The predicted molar refractivity (Wildman–Crippen MR) is 57.3 cm³/mol. The highest BCUT2D eigenvalue weighted by Gasteiger charge is 2.06. The molecule has 0 unspecified atom stereocenters. The van der Waals surface area contributed by atoms with Crippen LogP contribution < -0.4 is 5.73 Å². The summed E-state index contributed by atoms with van der Waals surface area (Å²) < 4.78 is 12.1. The lowest BCUT2D eigenvalue weighted by Gasteiger charge is -2.05. The van der Waals surface area contributed by atoms with Gasteiger partial charge in [0, 0.05) is 6.61 Å². The molecule has 86 valence electrons. The maximum Gasteiger partial charge on any atom is 0.167 e. The van der Waals surface area contributed by atoms with Gasteiger partial charge in [-0.2, -0.15) is 0 Å². The van der Waals surface area contributed by atoms with Gasteiger partial charge in [0.2, 0.25) is 0 Å². The Morgan fingerprint density at radius 2 is 2.19 bits per heavy atom. The van der Waals surface area contributed by atoms with Gasteiger partial charge in [0.05, 0.1) is 6.33 Å². The molecule has 0 bridgehead atoms. The Kier molecular flexibility index (Phi) is 3.28. The van der Waals surface area contributed by atoms with Gasteiger partial charge in [0.25, 0.3) is 0 Å². The van der Waals surface area contributed by atoms with Crippen molar-refractivity contribution in [1.29, 1.82) is 0 Å². The van der Waals surface area contributed by atoms with E-state index in [0.717, 1.165) is 0 Å². The average Bonchev–Trinajstić information content (AvgIpc) is 2.70. The third kappa shape index (κ3) is 2.10. The highest BCUT2D eigenvalue weighted by Crippen LogP contribution is 2.13. The molecule has 0 aliphatic heterocycles. The van der Waals surface area contributed by atoms with E-state index in [1.165, 1.54) is 6.33 Å². The summed E-state index contributed by atoms with van der Waals surface area (Å²) in [6, 6.07) is 0. The van der Waals surface area contributed by atoms with Crippen LogP contribution in [0.2, 0.25) is 0 Å². The van der Waals surface area contributed by atoms with E-state index >= 15 is 0 Å². The number of rotatable bonds is 5. The van der Waals surface area contributed by atoms with Crippen molar-refractivity contribution in [1.82, 2.24) is 19.5 Å². The van der Waals surface area contributed by atoms with Crippen molar-refractivity contribution in [3.8, 4) is 0 Å². The second kappa shape index (κ2) is 4.86. The molecule has 0 aliphatic carbocycles. The Morgan fingerprint density at radius 3 is 3.00 bits per heavy atom. The zero-order chi connectivity index (χ0) is 11.4. The van der Waals surface area contributed by atoms with Crippen LogP contribution in [0.3, 0.4) is 0 Å². The highest BCUT2D eigenvalue weighted by atomic mass is 16.7. The second-order valence-electron chi connectivity index (χ2n) is 3.09. The number of hydrogen-bond donors (Lipinski definition) is 1. The third-order valence-electron chi connectivity index (χ3n) is 2.03.